The summed E-state index contributed by atoms with van der Waals surface area (Å²) < 4.78 is 39.0. The lowest BCUT2D eigenvalue weighted by Gasteiger charge is -2.19. The highest BCUT2D eigenvalue weighted by atomic mass is 19.1. The third-order valence-electron chi connectivity index (χ3n) is 7.28. The number of benzene rings is 1. The smallest absolute Gasteiger partial charge is 0.224 e. The van der Waals surface area contributed by atoms with Crippen molar-refractivity contribution in [3.8, 4) is 5.75 Å². The second-order valence-corrected chi connectivity index (χ2v) is 10.9. The molecule has 0 aliphatic heterocycles. The molecule has 2 heterocycles. The number of pyridine rings is 2. The molecule has 0 radical (unpaired) electrons. The summed E-state index contributed by atoms with van der Waals surface area (Å²) in [5.74, 6) is -0.654. The van der Waals surface area contributed by atoms with Crippen LogP contribution >= 0.6 is 0 Å². The van der Waals surface area contributed by atoms with Gasteiger partial charge < -0.3 is 39.5 Å². The molecule has 3 aromatic rings. The van der Waals surface area contributed by atoms with Crippen LogP contribution in [0.25, 0.3) is 10.9 Å². The molecule has 1 aliphatic carbocycles. The van der Waals surface area contributed by atoms with Crippen LogP contribution in [-0.2, 0) is 32.1 Å². The summed E-state index contributed by atoms with van der Waals surface area (Å²) in [6.45, 7) is 6.30. The zero-order valence-electron chi connectivity index (χ0n) is 25.7. The first-order valence-corrected chi connectivity index (χ1v) is 15.2. The number of hydrogen-bond donors (Lipinski definition) is 2. The van der Waals surface area contributed by atoms with Gasteiger partial charge in [0.2, 0.25) is 5.91 Å². The van der Waals surface area contributed by atoms with Gasteiger partial charge >= 0.3 is 0 Å². The minimum atomic E-state index is -0.607. The molecule has 1 amide bonds. The standard InChI is InChI=1S/C32H44FN5O6/c1-23-17-24(5-8-36-23)20-35-21-25-22-38(26-3-4-26)29-19-30(28(33)18-27(29)32(25)40)44-12-9-37(2)31(39)6-10-41-13-15-43-16-14-42-11-7-34/h5,8,17-19,22,26,35H,3-4,6-7,9-16,20-21,34H2,1-2H3. The van der Waals surface area contributed by atoms with E-state index in [-0.39, 0.29) is 49.3 Å². The minimum Gasteiger partial charge on any atom is -0.489 e. The van der Waals surface area contributed by atoms with Crippen LogP contribution in [0.1, 0.15) is 42.1 Å². The zero-order valence-corrected chi connectivity index (χ0v) is 25.7. The Bertz CT molecular complexity index is 1430. The molecule has 1 aliphatic rings. The summed E-state index contributed by atoms with van der Waals surface area (Å²) in [6.07, 6.45) is 5.87. The Labute approximate surface area is 257 Å². The van der Waals surface area contributed by atoms with Gasteiger partial charge in [-0.25, -0.2) is 4.39 Å². The number of nitrogens with zero attached hydrogens (tertiary/aromatic N) is 3. The number of carbonyl (C=O) groups is 1. The van der Waals surface area contributed by atoms with Gasteiger partial charge in [0.15, 0.2) is 17.0 Å². The van der Waals surface area contributed by atoms with Gasteiger partial charge in [0.25, 0.3) is 0 Å². The minimum absolute atomic E-state index is 0.0582. The Hall–Kier alpha value is -3.42. The van der Waals surface area contributed by atoms with Crippen molar-refractivity contribution in [3.63, 3.8) is 0 Å². The Morgan fingerprint density at radius 3 is 2.50 bits per heavy atom. The van der Waals surface area contributed by atoms with E-state index in [4.69, 9.17) is 24.7 Å². The van der Waals surface area contributed by atoms with E-state index in [9.17, 15) is 9.59 Å². The lowest BCUT2D eigenvalue weighted by atomic mass is 10.1. The molecule has 1 saturated carbocycles. The van der Waals surface area contributed by atoms with Crippen molar-refractivity contribution in [3.05, 3.63) is 69.5 Å². The van der Waals surface area contributed by atoms with Gasteiger partial charge in [0.1, 0.15) is 6.61 Å². The second-order valence-electron chi connectivity index (χ2n) is 10.9. The normalized spacial score (nSPS) is 13.0. The fourth-order valence-corrected chi connectivity index (χ4v) is 4.75. The maximum Gasteiger partial charge on any atom is 0.224 e. The van der Waals surface area contributed by atoms with Crippen LogP contribution in [0, 0.1) is 12.7 Å². The number of hydrogen-bond acceptors (Lipinski definition) is 9. The fraction of sp³-hybridized carbons (Fsp3) is 0.531. The van der Waals surface area contributed by atoms with E-state index in [1.165, 1.54) is 11.0 Å². The summed E-state index contributed by atoms with van der Waals surface area (Å²) in [4.78, 5) is 31.5. The first kappa shape index (κ1) is 33.5. The van der Waals surface area contributed by atoms with Crippen molar-refractivity contribution in [2.45, 2.75) is 45.3 Å². The predicted octanol–water partition coefficient (Wildman–Crippen LogP) is 2.70. The largest absolute Gasteiger partial charge is 0.489 e. The third-order valence-corrected chi connectivity index (χ3v) is 7.28. The number of nitrogens with two attached hydrogens (primary N) is 1. The Morgan fingerprint density at radius 1 is 1.07 bits per heavy atom. The third kappa shape index (κ3) is 10.1. The Balaban J connectivity index is 1.26. The molecule has 240 valence electrons. The molecule has 0 spiro atoms. The van der Waals surface area contributed by atoms with Crippen molar-refractivity contribution in [2.75, 3.05) is 66.4 Å². The molecule has 1 fully saturated rings. The van der Waals surface area contributed by atoms with E-state index in [0.29, 0.717) is 69.1 Å². The highest BCUT2D eigenvalue weighted by molar-refractivity contribution is 5.81. The number of amides is 1. The van der Waals surface area contributed by atoms with Gasteiger partial charge in [-0.1, -0.05) is 0 Å². The molecule has 44 heavy (non-hydrogen) atoms. The van der Waals surface area contributed by atoms with E-state index < -0.39 is 5.82 Å². The topological polar surface area (TPSA) is 130 Å². The average molecular weight is 614 g/mol. The van der Waals surface area contributed by atoms with Crippen molar-refractivity contribution in [2.24, 2.45) is 5.73 Å². The summed E-state index contributed by atoms with van der Waals surface area (Å²) in [7, 11) is 1.67. The summed E-state index contributed by atoms with van der Waals surface area (Å²) in [5.41, 5.74) is 8.40. The monoisotopic (exact) mass is 613 g/mol. The van der Waals surface area contributed by atoms with Crippen LogP contribution in [0.5, 0.6) is 5.75 Å². The Kier molecular flexibility index (Phi) is 13.1. The van der Waals surface area contributed by atoms with Gasteiger partial charge in [-0.2, -0.15) is 0 Å². The first-order valence-electron chi connectivity index (χ1n) is 15.2. The average Bonchev–Trinajstić information content (AvgIpc) is 3.85. The molecule has 0 atom stereocenters. The van der Waals surface area contributed by atoms with Gasteiger partial charge in [0.05, 0.1) is 58.1 Å². The molecule has 0 bridgehead atoms. The number of aromatic nitrogens is 2. The van der Waals surface area contributed by atoms with Crippen molar-refractivity contribution < 1.29 is 28.1 Å². The van der Waals surface area contributed by atoms with Crippen LogP contribution < -0.4 is 21.2 Å². The molecule has 0 unspecified atom stereocenters. The molecular formula is C32H44FN5O6. The van der Waals surface area contributed by atoms with Crippen molar-refractivity contribution in [1.29, 1.82) is 0 Å². The summed E-state index contributed by atoms with van der Waals surface area (Å²) >= 11 is 0. The highest BCUT2D eigenvalue weighted by Gasteiger charge is 2.26. The maximum atomic E-state index is 15.1. The van der Waals surface area contributed by atoms with Crippen molar-refractivity contribution >= 4 is 16.8 Å². The number of likely N-dealkylation sites (N-methyl/N-ethyl adjacent to an activating group) is 1. The number of rotatable bonds is 20. The lowest BCUT2D eigenvalue weighted by molar-refractivity contribution is -0.131. The molecule has 12 heteroatoms. The molecule has 11 nitrogen and oxygen atoms in total. The number of aryl methyl sites for hydroxylation is 1. The van der Waals surface area contributed by atoms with Crippen LogP contribution in [0.2, 0.25) is 0 Å². The second kappa shape index (κ2) is 17.2. The lowest BCUT2D eigenvalue weighted by Crippen LogP contribution is -2.31. The molecule has 3 N–H and O–H groups in total. The van der Waals surface area contributed by atoms with Crippen LogP contribution in [-0.4, -0.2) is 86.7 Å². The van der Waals surface area contributed by atoms with Gasteiger partial charge in [0, 0.05) is 67.8 Å². The van der Waals surface area contributed by atoms with Gasteiger partial charge in [-0.05, 0) is 43.5 Å². The molecule has 1 aromatic carbocycles. The zero-order chi connectivity index (χ0) is 31.3. The fourth-order valence-electron chi connectivity index (χ4n) is 4.75. The number of ether oxygens (including phenoxy) is 4. The first-order chi connectivity index (χ1) is 21.4. The van der Waals surface area contributed by atoms with Crippen LogP contribution in [0.15, 0.2) is 41.5 Å². The van der Waals surface area contributed by atoms with E-state index >= 15 is 4.39 Å². The van der Waals surface area contributed by atoms with E-state index in [0.717, 1.165) is 24.1 Å². The SMILES string of the molecule is Cc1cc(CNCc2cn(C3CC3)c3cc(OCCN(C)C(=O)CCOCCOCCOCCN)c(F)cc3c2=O)ccn1. The molecular weight excluding hydrogens is 569 g/mol. The van der Waals surface area contributed by atoms with E-state index in [1.54, 1.807) is 19.3 Å². The van der Waals surface area contributed by atoms with E-state index in [2.05, 4.69) is 14.9 Å². The maximum absolute atomic E-state index is 15.1. The van der Waals surface area contributed by atoms with Gasteiger partial charge in [-0.3, -0.25) is 14.6 Å². The van der Waals surface area contributed by atoms with Crippen LogP contribution in [0.4, 0.5) is 4.39 Å². The van der Waals surface area contributed by atoms with Gasteiger partial charge in [-0.15, -0.1) is 0 Å². The number of carbonyl (C=O) groups excluding carboxylic acids is 1. The number of fused-ring (bicyclic) bond motifs is 1. The molecule has 4 rings (SSSR count). The quantitative estimate of drug-likeness (QED) is 0.185. The van der Waals surface area contributed by atoms with Crippen LogP contribution in [0.3, 0.4) is 0 Å². The number of nitrogens with one attached hydrogen (secondary N) is 1. The summed E-state index contributed by atoms with van der Waals surface area (Å²) in [5, 5.41) is 3.66. The number of halogens is 1. The van der Waals surface area contributed by atoms with Crippen molar-refractivity contribution in [1.82, 2.24) is 19.8 Å². The van der Waals surface area contributed by atoms with E-state index in [1.807, 2.05) is 25.3 Å². The predicted molar refractivity (Wildman–Crippen MR) is 165 cm³/mol. The Morgan fingerprint density at radius 2 is 1.80 bits per heavy atom. The highest BCUT2D eigenvalue weighted by Crippen LogP contribution is 2.38. The molecule has 2 aromatic heterocycles. The molecule has 0 saturated heterocycles. The summed E-state index contributed by atoms with van der Waals surface area (Å²) in [6, 6.07) is 7.07.